The molecule has 0 aromatic carbocycles. The van der Waals surface area contributed by atoms with Gasteiger partial charge in [0.1, 0.15) is 5.60 Å². The molecule has 0 radical (unpaired) electrons. The van der Waals surface area contributed by atoms with Crippen molar-refractivity contribution in [2.24, 2.45) is 0 Å². The summed E-state index contributed by atoms with van der Waals surface area (Å²) >= 11 is 0. The molecule has 0 heterocycles. The van der Waals surface area contributed by atoms with Crippen molar-refractivity contribution in [1.82, 2.24) is 5.32 Å². The highest BCUT2D eigenvalue weighted by atomic mass is 16.6. The first-order valence-corrected chi connectivity index (χ1v) is 12.4. The van der Waals surface area contributed by atoms with E-state index in [-0.39, 0.29) is 5.97 Å². The molecule has 0 saturated heterocycles. The molecule has 0 aliphatic heterocycles. The smallest absolute Gasteiger partial charge is 0.407 e. The highest BCUT2D eigenvalue weighted by molar-refractivity contribution is 5.70. The summed E-state index contributed by atoms with van der Waals surface area (Å²) in [5.41, 5.74) is -0.513. The first-order valence-electron chi connectivity index (χ1n) is 12.4. The molecule has 0 saturated carbocycles. The highest BCUT2D eigenvalue weighted by Crippen LogP contribution is 2.07. The SMILES string of the molecule is CC/C=C/C/C=C/CCCCC/C=C/CCCCOC(=O)CCCNC(=O)OC(C)(C)C. The van der Waals surface area contributed by atoms with Crippen LogP contribution in [0.4, 0.5) is 4.79 Å². The van der Waals surface area contributed by atoms with Gasteiger partial charge in [0.25, 0.3) is 0 Å². The van der Waals surface area contributed by atoms with Crippen molar-refractivity contribution < 1.29 is 19.1 Å². The van der Waals surface area contributed by atoms with E-state index < -0.39 is 11.7 Å². The molecular formula is C27H47NO4. The van der Waals surface area contributed by atoms with Crippen LogP contribution in [0.25, 0.3) is 0 Å². The third-order valence-corrected chi connectivity index (χ3v) is 4.50. The summed E-state index contributed by atoms with van der Waals surface area (Å²) in [4.78, 5) is 23.2. The Labute approximate surface area is 196 Å². The number of carbonyl (C=O) groups excluding carboxylic acids is 2. The number of hydrogen-bond acceptors (Lipinski definition) is 4. The molecule has 184 valence electrons. The third kappa shape index (κ3) is 24.2. The second kappa shape index (κ2) is 20.8. The van der Waals surface area contributed by atoms with Crippen molar-refractivity contribution in [1.29, 1.82) is 0 Å². The zero-order valence-corrected chi connectivity index (χ0v) is 21.0. The van der Waals surface area contributed by atoms with Gasteiger partial charge in [-0.2, -0.15) is 0 Å². The van der Waals surface area contributed by atoms with Gasteiger partial charge >= 0.3 is 12.1 Å². The zero-order chi connectivity index (χ0) is 23.9. The fourth-order valence-electron chi connectivity index (χ4n) is 2.85. The van der Waals surface area contributed by atoms with Gasteiger partial charge in [-0.3, -0.25) is 4.79 Å². The first kappa shape index (κ1) is 30.0. The Bertz CT molecular complexity index is 558. The molecule has 5 nitrogen and oxygen atoms in total. The normalized spacial score (nSPS) is 12.1. The van der Waals surface area contributed by atoms with Crippen LogP contribution >= 0.6 is 0 Å². The van der Waals surface area contributed by atoms with E-state index in [1.807, 2.05) is 20.8 Å². The van der Waals surface area contributed by atoms with E-state index in [0.29, 0.717) is 26.0 Å². The zero-order valence-electron chi connectivity index (χ0n) is 21.0. The number of unbranched alkanes of at least 4 members (excludes halogenated alkanes) is 6. The number of nitrogens with one attached hydrogen (secondary N) is 1. The summed E-state index contributed by atoms with van der Waals surface area (Å²) in [5.74, 6) is -0.209. The summed E-state index contributed by atoms with van der Waals surface area (Å²) in [5, 5.41) is 2.64. The second-order valence-corrected chi connectivity index (χ2v) is 8.94. The monoisotopic (exact) mass is 449 g/mol. The van der Waals surface area contributed by atoms with Crippen molar-refractivity contribution in [2.75, 3.05) is 13.2 Å². The van der Waals surface area contributed by atoms with Crippen molar-refractivity contribution in [3.05, 3.63) is 36.5 Å². The van der Waals surface area contributed by atoms with Crippen LogP contribution in [0, 0.1) is 0 Å². The number of carbonyl (C=O) groups is 2. The number of ether oxygens (including phenoxy) is 2. The molecule has 0 aliphatic carbocycles. The van der Waals surface area contributed by atoms with Crippen molar-refractivity contribution in [3.63, 3.8) is 0 Å². The Morgan fingerprint density at radius 3 is 2.00 bits per heavy atom. The van der Waals surface area contributed by atoms with E-state index in [0.717, 1.165) is 38.5 Å². The number of esters is 1. The molecule has 0 bridgehead atoms. The third-order valence-electron chi connectivity index (χ3n) is 4.50. The molecule has 0 atom stereocenters. The molecule has 0 aromatic rings. The first-order chi connectivity index (χ1) is 15.3. The van der Waals surface area contributed by atoms with Crippen LogP contribution in [-0.4, -0.2) is 30.8 Å². The predicted molar refractivity (Wildman–Crippen MR) is 134 cm³/mol. The van der Waals surface area contributed by atoms with E-state index in [9.17, 15) is 9.59 Å². The van der Waals surface area contributed by atoms with E-state index in [1.54, 1.807) is 0 Å². The maximum absolute atomic E-state index is 11.7. The van der Waals surface area contributed by atoms with Crippen LogP contribution < -0.4 is 5.32 Å². The standard InChI is InChI=1S/C27H47NO4/c1-5-6-7-8-9-10-11-12-13-14-15-16-17-18-19-20-24-31-25(29)22-21-23-28-26(30)32-27(2,3)4/h6-7,9-10,16-17H,5,8,11-15,18-24H2,1-4H3,(H,28,30)/b7-6+,10-9+,17-16+. The molecule has 0 aromatic heterocycles. The highest BCUT2D eigenvalue weighted by Gasteiger charge is 2.15. The Balaban J connectivity index is 3.41. The molecule has 0 spiro atoms. The summed E-state index contributed by atoms with van der Waals surface area (Å²) in [6.45, 7) is 8.47. The van der Waals surface area contributed by atoms with Crippen LogP contribution in [0.3, 0.4) is 0 Å². The summed E-state index contributed by atoms with van der Waals surface area (Å²) in [7, 11) is 0. The fraction of sp³-hybridized carbons (Fsp3) is 0.704. The number of allylic oxidation sites excluding steroid dienone is 6. The average Bonchev–Trinajstić information content (AvgIpc) is 2.72. The lowest BCUT2D eigenvalue weighted by molar-refractivity contribution is -0.143. The predicted octanol–water partition coefficient (Wildman–Crippen LogP) is 7.42. The number of hydrogen-bond donors (Lipinski definition) is 1. The molecule has 0 aliphatic rings. The summed E-state index contributed by atoms with van der Waals surface area (Å²) in [6.07, 6.45) is 25.1. The molecule has 0 rings (SSSR count). The van der Waals surface area contributed by atoms with Crippen molar-refractivity contribution in [3.8, 4) is 0 Å². The van der Waals surface area contributed by atoms with Gasteiger partial charge in [0.05, 0.1) is 6.61 Å². The molecule has 1 amide bonds. The second-order valence-electron chi connectivity index (χ2n) is 8.94. The maximum atomic E-state index is 11.7. The fourth-order valence-corrected chi connectivity index (χ4v) is 2.85. The molecule has 32 heavy (non-hydrogen) atoms. The Kier molecular flexibility index (Phi) is 19.5. The van der Waals surface area contributed by atoms with Crippen LogP contribution in [0.5, 0.6) is 0 Å². The van der Waals surface area contributed by atoms with Gasteiger partial charge in [-0.05, 0) is 85.0 Å². The number of alkyl carbamates (subject to hydrolysis) is 1. The lowest BCUT2D eigenvalue weighted by Crippen LogP contribution is -2.33. The van der Waals surface area contributed by atoms with Gasteiger partial charge in [-0.25, -0.2) is 4.79 Å². The molecule has 5 heteroatoms. The Hall–Kier alpha value is -2.04. The van der Waals surface area contributed by atoms with Crippen molar-refractivity contribution >= 4 is 12.1 Å². The lowest BCUT2D eigenvalue weighted by atomic mass is 10.1. The van der Waals surface area contributed by atoms with E-state index in [4.69, 9.17) is 9.47 Å². The Morgan fingerprint density at radius 2 is 1.38 bits per heavy atom. The van der Waals surface area contributed by atoms with E-state index in [1.165, 1.54) is 25.7 Å². The van der Waals surface area contributed by atoms with E-state index >= 15 is 0 Å². The largest absolute Gasteiger partial charge is 0.466 e. The number of amides is 1. The molecule has 0 unspecified atom stereocenters. The van der Waals surface area contributed by atoms with E-state index in [2.05, 4.69) is 48.7 Å². The number of rotatable bonds is 18. The molecular weight excluding hydrogens is 402 g/mol. The minimum atomic E-state index is -0.513. The molecule has 1 N–H and O–H groups in total. The van der Waals surface area contributed by atoms with Crippen LogP contribution in [0.2, 0.25) is 0 Å². The van der Waals surface area contributed by atoms with Gasteiger partial charge in [-0.15, -0.1) is 0 Å². The lowest BCUT2D eigenvalue weighted by Gasteiger charge is -2.19. The van der Waals surface area contributed by atoms with Gasteiger partial charge in [0.15, 0.2) is 0 Å². The minimum absolute atomic E-state index is 0.209. The average molecular weight is 450 g/mol. The maximum Gasteiger partial charge on any atom is 0.407 e. The quantitative estimate of drug-likeness (QED) is 0.134. The molecule has 0 fully saturated rings. The van der Waals surface area contributed by atoms with Crippen LogP contribution in [-0.2, 0) is 14.3 Å². The Morgan fingerprint density at radius 1 is 0.781 bits per heavy atom. The van der Waals surface area contributed by atoms with Crippen LogP contribution in [0.1, 0.15) is 105 Å². The van der Waals surface area contributed by atoms with Crippen molar-refractivity contribution in [2.45, 2.75) is 110 Å². The van der Waals surface area contributed by atoms with Crippen LogP contribution in [0.15, 0.2) is 36.5 Å². The van der Waals surface area contributed by atoms with Gasteiger partial charge in [0, 0.05) is 13.0 Å². The van der Waals surface area contributed by atoms with Gasteiger partial charge in [-0.1, -0.05) is 49.8 Å². The summed E-state index contributed by atoms with van der Waals surface area (Å²) < 4.78 is 10.4. The topological polar surface area (TPSA) is 64.6 Å². The van der Waals surface area contributed by atoms with Gasteiger partial charge in [0.2, 0.25) is 0 Å². The minimum Gasteiger partial charge on any atom is -0.466 e. The summed E-state index contributed by atoms with van der Waals surface area (Å²) in [6, 6.07) is 0. The van der Waals surface area contributed by atoms with Gasteiger partial charge < -0.3 is 14.8 Å².